The van der Waals surface area contributed by atoms with Gasteiger partial charge in [-0.1, -0.05) is 24.3 Å². The number of benzene rings is 1. The van der Waals surface area contributed by atoms with Gasteiger partial charge < -0.3 is 0 Å². The van der Waals surface area contributed by atoms with E-state index >= 15 is 0 Å². The van der Waals surface area contributed by atoms with Crippen LogP contribution < -0.4 is 0 Å². The molecule has 0 aliphatic heterocycles. The molecule has 0 unspecified atom stereocenters. The van der Waals surface area contributed by atoms with E-state index in [0.29, 0.717) is 21.2 Å². The minimum atomic E-state index is 0.397. The summed E-state index contributed by atoms with van der Waals surface area (Å²) in [6.45, 7) is 0. The Labute approximate surface area is 203 Å². The summed E-state index contributed by atoms with van der Waals surface area (Å²) in [5.74, 6) is 1.21. The zero-order valence-electron chi connectivity index (χ0n) is 17.5. The van der Waals surface area contributed by atoms with Crippen molar-refractivity contribution in [3.63, 3.8) is 0 Å². The van der Waals surface area contributed by atoms with E-state index in [4.69, 9.17) is 24.4 Å². The summed E-state index contributed by atoms with van der Waals surface area (Å²) in [5, 5.41) is 23.1. The molecular weight excluding hydrogens is 468 g/mol. The van der Waals surface area contributed by atoms with Gasteiger partial charge in [0.2, 0.25) is 9.54 Å². The van der Waals surface area contributed by atoms with E-state index in [1.54, 1.807) is 46.6 Å². The van der Waals surface area contributed by atoms with Crippen molar-refractivity contribution in [1.29, 1.82) is 0 Å². The van der Waals surface area contributed by atoms with Crippen LogP contribution in [0, 0.1) is 9.54 Å². The van der Waals surface area contributed by atoms with Crippen LogP contribution in [0.3, 0.4) is 0 Å². The topological polar surface area (TPSA) is 118 Å². The molecule has 5 aromatic rings. The Balaban J connectivity index is 1.36. The van der Waals surface area contributed by atoms with Gasteiger partial charge in [0.05, 0.1) is 12.4 Å². The number of nitrogens with one attached hydrogen (secondary N) is 2. The van der Waals surface area contributed by atoms with Gasteiger partial charge in [0.15, 0.2) is 11.6 Å². The predicted molar refractivity (Wildman–Crippen MR) is 134 cm³/mol. The van der Waals surface area contributed by atoms with E-state index in [1.165, 1.54) is 0 Å². The highest BCUT2D eigenvalue weighted by molar-refractivity contribution is 7.71. The summed E-state index contributed by atoms with van der Waals surface area (Å²) >= 11 is 10.6. The van der Waals surface area contributed by atoms with Crippen molar-refractivity contribution in [3.8, 4) is 22.8 Å². The van der Waals surface area contributed by atoms with Crippen LogP contribution >= 0.6 is 24.4 Å². The third kappa shape index (κ3) is 4.53. The SMILES string of the molecule is S=c1[nH]nc(-c2ccncc2)n1/N=C/c1ccc(/C=N/n2c(-c3ccncc3)n[nH]c2=S)cc1. The highest BCUT2D eigenvalue weighted by Gasteiger charge is 2.08. The van der Waals surface area contributed by atoms with Crippen LogP contribution in [0.1, 0.15) is 11.1 Å². The van der Waals surface area contributed by atoms with Crippen molar-refractivity contribution < 1.29 is 0 Å². The van der Waals surface area contributed by atoms with Crippen molar-refractivity contribution in [1.82, 2.24) is 39.7 Å². The molecule has 0 radical (unpaired) electrons. The summed E-state index contributed by atoms with van der Waals surface area (Å²) in [6.07, 6.45) is 10.2. The second-order valence-electron chi connectivity index (χ2n) is 6.96. The molecule has 12 heteroatoms. The van der Waals surface area contributed by atoms with Gasteiger partial charge in [-0.3, -0.25) is 9.97 Å². The number of hydrogen-bond donors (Lipinski definition) is 2. The molecule has 0 atom stereocenters. The van der Waals surface area contributed by atoms with Gasteiger partial charge in [0.1, 0.15) is 0 Å². The standard InChI is InChI=1S/C22H16N10S2/c33-21-29-27-19(17-5-9-23-10-6-17)31(21)25-13-15-1-2-16(4-3-15)14-26-32-20(28-30-22(32)34)18-7-11-24-12-8-18/h1-14H,(H,29,33)(H,30,34)/b25-13+,26-14+. The van der Waals surface area contributed by atoms with Gasteiger partial charge in [0, 0.05) is 35.9 Å². The van der Waals surface area contributed by atoms with Gasteiger partial charge in [-0.05, 0) is 59.8 Å². The molecule has 2 N–H and O–H groups in total. The van der Waals surface area contributed by atoms with Gasteiger partial charge in [0.25, 0.3) is 0 Å². The molecule has 4 heterocycles. The van der Waals surface area contributed by atoms with Crippen LogP contribution in [-0.2, 0) is 0 Å². The predicted octanol–water partition coefficient (Wildman–Crippen LogP) is 4.08. The number of nitrogens with zero attached hydrogens (tertiary/aromatic N) is 8. The van der Waals surface area contributed by atoms with E-state index in [0.717, 1.165) is 22.3 Å². The second kappa shape index (κ2) is 9.60. The Hall–Kier alpha value is -4.42. The molecule has 1 aromatic carbocycles. The first kappa shape index (κ1) is 21.4. The average molecular weight is 485 g/mol. The van der Waals surface area contributed by atoms with E-state index < -0.39 is 0 Å². The van der Waals surface area contributed by atoms with Crippen LogP contribution in [0.25, 0.3) is 22.8 Å². The molecule has 166 valence electrons. The summed E-state index contributed by atoms with van der Waals surface area (Å²) in [4.78, 5) is 8.06. The van der Waals surface area contributed by atoms with Crippen LogP contribution in [0.2, 0.25) is 0 Å². The third-order valence-corrected chi connectivity index (χ3v) is 5.29. The lowest BCUT2D eigenvalue weighted by Crippen LogP contribution is -1.96. The zero-order valence-corrected chi connectivity index (χ0v) is 19.1. The lowest BCUT2D eigenvalue weighted by atomic mass is 10.2. The Morgan fingerprint density at radius 2 is 1.00 bits per heavy atom. The number of aromatic amines is 2. The van der Waals surface area contributed by atoms with Crippen molar-refractivity contribution in [2.45, 2.75) is 0 Å². The molecule has 0 fully saturated rings. The minimum absolute atomic E-state index is 0.397. The molecule has 0 saturated heterocycles. The molecule has 34 heavy (non-hydrogen) atoms. The van der Waals surface area contributed by atoms with E-state index in [2.05, 4.69) is 40.6 Å². The van der Waals surface area contributed by atoms with Crippen LogP contribution in [0.5, 0.6) is 0 Å². The van der Waals surface area contributed by atoms with Crippen LogP contribution in [0.4, 0.5) is 0 Å². The van der Waals surface area contributed by atoms with Crippen molar-refractivity contribution in [2.75, 3.05) is 0 Å². The van der Waals surface area contributed by atoms with E-state index in [-0.39, 0.29) is 0 Å². The first-order valence-corrected chi connectivity index (χ1v) is 10.8. The molecule has 0 bridgehead atoms. The zero-order chi connectivity index (χ0) is 23.3. The smallest absolute Gasteiger partial charge is 0.216 e. The second-order valence-corrected chi connectivity index (χ2v) is 7.73. The summed E-state index contributed by atoms with van der Waals surface area (Å²) < 4.78 is 3.94. The largest absolute Gasteiger partial charge is 0.265 e. The van der Waals surface area contributed by atoms with Crippen LogP contribution in [0.15, 0.2) is 83.5 Å². The first-order chi connectivity index (χ1) is 16.7. The molecule has 0 spiro atoms. The highest BCUT2D eigenvalue weighted by atomic mass is 32.1. The quantitative estimate of drug-likeness (QED) is 0.277. The average Bonchev–Trinajstić information content (AvgIpc) is 3.45. The summed E-state index contributed by atoms with van der Waals surface area (Å²) in [6, 6.07) is 15.1. The Morgan fingerprint density at radius 1 is 0.618 bits per heavy atom. The van der Waals surface area contributed by atoms with Crippen molar-refractivity contribution in [2.24, 2.45) is 10.2 Å². The fourth-order valence-electron chi connectivity index (χ4n) is 3.09. The van der Waals surface area contributed by atoms with Gasteiger partial charge >= 0.3 is 0 Å². The lowest BCUT2D eigenvalue weighted by Gasteiger charge is -2.01. The van der Waals surface area contributed by atoms with Gasteiger partial charge in [-0.25, -0.2) is 10.2 Å². The number of H-pyrrole nitrogens is 2. The maximum atomic E-state index is 5.31. The molecule has 4 aromatic heterocycles. The lowest BCUT2D eigenvalue weighted by molar-refractivity contribution is 0.871. The molecule has 5 rings (SSSR count). The Bertz CT molecular complexity index is 1460. The first-order valence-electron chi connectivity index (χ1n) is 10.0. The summed E-state index contributed by atoms with van der Waals surface area (Å²) in [5.41, 5.74) is 3.49. The fourth-order valence-corrected chi connectivity index (χ4v) is 3.45. The monoisotopic (exact) mass is 484 g/mol. The van der Waals surface area contributed by atoms with Gasteiger partial charge in [-0.2, -0.15) is 29.8 Å². The Kier molecular flexibility index (Phi) is 6.05. The minimum Gasteiger partial charge on any atom is -0.265 e. The molecule has 0 aliphatic rings. The molecular formula is C22H16N10S2. The summed E-state index contributed by atoms with van der Waals surface area (Å²) in [7, 11) is 0. The fraction of sp³-hybridized carbons (Fsp3) is 0. The normalized spacial score (nSPS) is 11.5. The van der Waals surface area contributed by atoms with E-state index in [9.17, 15) is 0 Å². The molecule has 0 amide bonds. The third-order valence-electron chi connectivity index (χ3n) is 4.76. The number of rotatable bonds is 6. The van der Waals surface area contributed by atoms with E-state index in [1.807, 2.05) is 48.5 Å². The molecule has 0 aliphatic carbocycles. The Morgan fingerprint density at radius 3 is 1.38 bits per heavy atom. The molecule has 10 nitrogen and oxygen atoms in total. The maximum Gasteiger partial charge on any atom is 0.216 e. The highest BCUT2D eigenvalue weighted by Crippen LogP contribution is 2.17. The number of pyridine rings is 2. The number of aromatic nitrogens is 8. The number of hydrogen-bond acceptors (Lipinski definition) is 8. The van der Waals surface area contributed by atoms with Crippen LogP contribution in [-0.4, -0.2) is 52.1 Å². The van der Waals surface area contributed by atoms with Gasteiger partial charge in [-0.15, -0.1) is 0 Å². The molecule has 0 saturated carbocycles. The maximum absolute atomic E-state index is 5.31. The van der Waals surface area contributed by atoms with Crippen molar-refractivity contribution >= 4 is 36.9 Å². The van der Waals surface area contributed by atoms with Crippen molar-refractivity contribution in [3.05, 3.63) is 94.0 Å².